The molecule has 0 aliphatic carbocycles. The number of hydrogen-bond donors (Lipinski definition) is 0. The fourth-order valence-electron chi connectivity index (χ4n) is 4.96. The molecule has 0 unspecified atom stereocenters. The first-order chi connectivity index (χ1) is 19.5. The summed E-state index contributed by atoms with van der Waals surface area (Å²) >= 11 is 0. The van der Waals surface area contributed by atoms with Crippen molar-refractivity contribution in [3.8, 4) is 16.8 Å². The van der Waals surface area contributed by atoms with Crippen molar-refractivity contribution in [2.75, 3.05) is 6.61 Å². The highest BCUT2D eigenvalue weighted by molar-refractivity contribution is 6.07. The van der Waals surface area contributed by atoms with E-state index in [2.05, 4.69) is 15.1 Å². The van der Waals surface area contributed by atoms with Crippen molar-refractivity contribution >= 4 is 44.5 Å². The largest absolute Gasteiger partial charge is 0.460 e. The van der Waals surface area contributed by atoms with Gasteiger partial charge in [0, 0.05) is 17.1 Å². The minimum Gasteiger partial charge on any atom is -0.460 e. The van der Waals surface area contributed by atoms with Crippen LogP contribution in [0.15, 0.2) is 99.1 Å². The van der Waals surface area contributed by atoms with Gasteiger partial charge in [-0.05, 0) is 48.0 Å². The van der Waals surface area contributed by atoms with E-state index in [0.29, 0.717) is 11.3 Å². The number of rotatable bonds is 4. The molecule has 0 N–H and O–H groups in total. The van der Waals surface area contributed by atoms with E-state index in [1.54, 1.807) is 49.4 Å². The standard InChI is InChI=1S/C30H19N5O5/c1-2-39-29(38)26-33-35(18-9-4-3-5-10-18)30-32-25-24(27(36)34(26)30)20(14-15-31-25)22-16-21-19-11-7-6-8-17(19)12-13-23(21)40-28(22)37/h3-16H,2H2,1H3. The van der Waals surface area contributed by atoms with Gasteiger partial charge < -0.3 is 9.15 Å². The van der Waals surface area contributed by atoms with E-state index in [9.17, 15) is 14.4 Å². The van der Waals surface area contributed by atoms with Crippen LogP contribution < -0.4 is 11.2 Å². The molecule has 4 heterocycles. The number of aromatic nitrogens is 5. The molecule has 40 heavy (non-hydrogen) atoms. The highest BCUT2D eigenvalue weighted by Crippen LogP contribution is 2.30. The van der Waals surface area contributed by atoms with E-state index in [1.807, 2.05) is 36.4 Å². The summed E-state index contributed by atoms with van der Waals surface area (Å²) in [7, 11) is 0. The van der Waals surface area contributed by atoms with Gasteiger partial charge in [-0.2, -0.15) is 9.67 Å². The van der Waals surface area contributed by atoms with Crippen molar-refractivity contribution in [2.24, 2.45) is 0 Å². The lowest BCUT2D eigenvalue weighted by Crippen LogP contribution is -2.22. The smallest absolute Gasteiger partial charge is 0.376 e. The molecule has 0 saturated heterocycles. The number of fused-ring (bicyclic) bond motifs is 5. The van der Waals surface area contributed by atoms with Gasteiger partial charge in [-0.25, -0.2) is 19.0 Å². The van der Waals surface area contributed by atoms with Gasteiger partial charge in [0.2, 0.25) is 11.6 Å². The molecule has 0 radical (unpaired) electrons. The van der Waals surface area contributed by atoms with Crippen LogP contribution in [0, 0.1) is 0 Å². The van der Waals surface area contributed by atoms with Gasteiger partial charge in [0.05, 0.1) is 23.2 Å². The van der Waals surface area contributed by atoms with Gasteiger partial charge in [0.1, 0.15) is 5.58 Å². The zero-order valence-electron chi connectivity index (χ0n) is 21.1. The zero-order valence-corrected chi connectivity index (χ0v) is 21.1. The van der Waals surface area contributed by atoms with Crippen LogP contribution in [-0.2, 0) is 4.74 Å². The highest BCUT2D eigenvalue weighted by Gasteiger charge is 2.25. The Morgan fingerprint density at radius 3 is 2.55 bits per heavy atom. The molecule has 4 aromatic heterocycles. The van der Waals surface area contributed by atoms with Gasteiger partial charge in [-0.15, -0.1) is 5.10 Å². The third-order valence-electron chi connectivity index (χ3n) is 6.74. The Balaban J connectivity index is 1.57. The van der Waals surface area contributed by atoms with Crippen LogP contribution in [0.4, 0.5) is 0 Å². The number of carbonyl (C=O) groups is 1. The van der Waals surface area contributed by atoms with E-state index < -0.39 is 17.2 Å². The summed E-state index contributed by atoms with van der Waals surface area (Å²) in [5.74, 6) is -0.952. The number of para-hydroxylation sites is 1. The van der Waals surface area contributed by atoms with Crippen LogP contribution in [0.25, 0.3) is 55.4 Å². The Labute approximate surface area is 224 Å². The second-order valence-electron chi connectivity index (χ2n) is 9.05. The van der Waals surface area contributed by atoms with Gasteiger partial charge in [-0.3, -0.25) is 4.79 Å². The highest BCUT2D eigenvalue weighted by atomic mass is 16.5. The molecular weight excluding hydrogens is 510 g/mol. The van der Waals surface area contributed by atoms with Crippen LogP contribution in [0.3, 0.4) is 0 Å². The van der Waals surface area contributed by atoms with Crippen molar-refractivity contribution < 1.29 is 13.9 Å². The molecule has 7 rings (SSSR count). The molecule has 0 saturated carbocycles. The maximum absolute atomic E-state index is 14.1. The second-order valence-corrected chi connectivity index (χ2v) is 9.05. The lowest BCUT2D eigenvalue weighted by atomic mass is 10.0. The first-order valence-corrected chi connectivity index (χ1v) is 12.5. The topological polar surface area (TPSA) is 122 Å². The van der Waals surface area contributed by atoms with E-state index >= 15 is 0 Å². The van der Waals surface area contributed by atoms with E-state index in [4.69, 9.17) is 9.15 Å². The molecule has 0 spiro atoms. The molecule has 7 aromatic rings. The molecule has 10 nitrogen and oxygen atoms in total. The molecule has 0 aliphatic heterocycles. The molecule has 10 heteroatoms. The number of carbonyl (C=O) groups excluding carboxylic acids is 1. The fourth-order valence-corrected chi connectivity index (χ4v) is 4.96. The minimum atomic E-state index is -0.785. The average molecular weight is 530 g/mol. The third-order valence-corrected chi connectivity index (χ3v) is 6.74. The van der Waals surface area contributed by atoms with Crippen LogP contribution in [0.1, 0.15) is 17.5 Å². The molecule has 0 aliphatic rings. The van der Waals surface area contributed by atoms with E-state index in [-0.39, 0.29) is 40.4 Å². The summed E-state index contributed by atoms with van der Waals surface area (Å²) in [5.41, 5.74) is 0.311. The van der Waals surface area contributed by atoms with Crippen LogP contribution in [-0.4, -0.2) is 36.7 Å². The van der Waals surface area contributed by atoms with E-state index in [0.717, 1.165) is 20.6 Å². The first-order valence-electron chi connectivity index (χ1n) is 12.5. The molecular formula is C30H19N5O5. The van der Waals surface area contributed by atoms with Gasteiger partial charge in [0.15, 0.2) is 5.65 Å². The fraction of sp³-hybridized carbons (Fsp3) is 0.0667. The Kier molecular flexibility index (Phi) is 5.27. The molecule has 0 amide bonds. The minimum absolute atomic E-state index is 0.0463. The Morgan fingerprint density at radius 2 is 1.73 bits per heavy atom. The number of benzene rings is 3. The lowest BCUT2D eigenvalue weighted by molar-refractivity contribution is 0.0509. The number of pyridine rings is 1. The van der Waals surface area contributed by atoms with Crippen LogP contribution >= 0.6 is 0 Å². The summed E-state index contributed by atoms with van der Waals surface area (Å²) in [6, 6.07) is 23.6. The number of hydrogen-bond acceptors (Lipinski definition) is 8. The number of ether oxygens (including phenoxy) is 1. The molecule has 194 valence electrons. The monoisotopic (exact) mass is 529 g/mol. The maximum atomic E-state index is 14.1. The van der Waals surface area contributed by atoms with E-state index in [1.165, 1.54) is 10.9 Å². The van der Waals surface area contributed by atoms with Gasteiger partial charge >= 0.3 is 11.6 Å². The number of esters is 1. The summed E-state index contributed by atoms with van der Waals surface area (Å²) < 4.78 is 13.4. The SMILES string of the molecule is CCOC(=O)c1nn(-c2ccccc2)c2nc3nccc(-c4cc5c(ccc6ccccc65)oc4=O)c3c(=O)n12. The van der Waals surface area contributed by atoms with Crippen LogP contribution in [0.5, 0.6) is 0 Å². The molecule has 3 aromatic carbocycles. The van der Waals surface area contributed by atoms with Crippen molar-refractivity contribution in [3.05, 3.63) is 112 Å². The zero-order chi connectivity index (χ0) is 27.4. The van der Waals surface area contributed by atoms with Crippen molar-refractivity contribution in [1.82, 2.24) is 24.1 Å². The Bertz CT molecular complexity index is 2250. The van der Waals surface area contributed by atoms with Crippen LogP contribution in [0.2, 0.25) is 0 Å². The summed E-state index contributed by atoms with van der Waals surface area (Å²) in [4.78, 5) is 49.2. The predicted molar refractivity (Wildman–Crippen MR) is 149 cm³/mol. The molecule has 0 fully saturated rings. The number of nitrogens with zero attached hydrogens (tertiary/aromatic N) is 5. The normalized spacial score (nSPS) is 11.5. The van der Waals surface area contributed by atoms with Crippen molar-refractivity contribution in [3.63, 3.8) is 0 Å². The Morgan fingerprint density at radius 1 is 0.925 bits per heavy atom. The molecule has 0 bridgehead atoms. The lowest BCUT2D eigenvalue weighted by Gasteiger charge is -2.08. The van der Waals surface area contributed by atoms with Crippen molar-refractivity contribution in [1.29, 1.82) is 0 Å². The maximum Gasteiger partial charge on any atom is 0.376 e. The quantitative estimate of drug-likeness (QED) is 0.185. The van der Waals surface area contributed by atoms with Gasteiger partial charge in [-0.1, -0.05) is 48.5 Å². The van der Waals surface area contributed by atoms with Crippen molar-refractivity contribution in [2.45, 2.75) is 6.92 Å². The predicted octanol–water partition coefficient (Wildman–Crippen LogP) is 4.53. The Hall–Kier alpha value is -5.64. The summed E-state index contributed by atoms with van der Waals surface area (Å²) in [6.07, 6.45) is 1.48. The second kappa shape index (κ2) is 8.98. The summed E-state index contributed by atoms with van der Waals surface area (Å²) in [6.45, 7) is 1.75. The average Bonchev–Trinajstić information content (AvgIpc) is 3.37. The third kappa shape index (κ3) is 3.50. The summed E-state index contributed by atoms with van der Waals surface area (Å²) in [5, 5.41) is 7.03. The molecule has 0 atom stereocenters. The van der Waals surface area contributed by atoms with Gasteiger partial charge in [0.25, 0.3) is 5.56 Å². The first kappa shape index (κ1) is 23.5.